The first-order chi connectivity index (χ1) is 10.8. The molecule has 0 fully saturated rings. The first kappa shape index (κ1) is 16.9. The fourth-order valence-electron chi connectivity index (χ4n) is 1.86. The van der Waals surface area contributed by atoms with Crippen molar-refractivity contribution in [1.82, 2.24) is 20.3 Å². The Kier molecular flexibility index (Phi) is 4.94. The lowest BCUT2D eigenvalue weighted by Crippen LogP contribution is -2.33. The smallest absolute Gasteiger partial charge is 0.320 e. The summed E-state index contributed by atoms with van der Waals surface area (Å²) in [5.41, 5.74) is 1.27. The van der Waals surface area contributed by atoms with Crippen molar-refractivity contribution in [2.24, 2.45) is 5.92 Å². The van der Waals surface area contributed by atoms with E-state index in [9.17, 15) is 13.2 Å². The highest BCUT2D eigenvalue weighted by atomic mass is 32.2. The Balaban J connectivity index is 1.83. The van der Waals surface area contributed by atoms with Gasteiger partial charge in [-0.1, -0.05) is 6.92 Å². The van der Waals surface area contributed by atoms with E-state index in [-0.39, 0.29) is 23.9 Å². The van der Waals surface area contributed by atoms with Gasteiger partial charge >= 0.3 is 6.03 Å². The Hall–Kier alpha value is -2.49. The highest BCUT2D eigenvalue weighted by Crippen LogP contribution is 2.10. The average molecular weight is 338 g/mol. The number of nitrogens with one attached hydrogen (secondary N) is 4. The second-order valence-corrected chi connectivity index (χ2v) is 7.34. The van der Waals surface area contributed by atoms with Crippen LogP contribution < -0.4 is 10.6 Å². The van der Waals surface area contributed by atoms with E-state index in [0.717, 1.165) is 6.26 Å². The van der Waals surface area contributed by atoms with E-state index in [1.165, 1.54) is 6.20 Å². The number of hydrogen-bond acceptors (Lipinski definition) is 6. The maximum absolute atomic E-state index is 11.8. The van der Waals surface area contributed by atoms with E-state index in [2.05, 4.69) is 25.6 Å². The lowest BCUT2D eigenvalue weighted by Gasteiger charge is -2.13. The summed E-state index contributed by atoms with van der Waals surface area (Å²) in [6.45, 7) is 2.00. The van der Waals surface area contributed by atoms with Gasteiger partial charge in [0.1, 0.15) is 10.6 Å². The fraction of sp³-hybridized carbons (Fsp3) is 0.385. The summed E-state index contributed by atoms with van der Waals surface area (Å²) >= 11 is 0. The van der Waals surface area contributed by atoms with Crippen molar-refractivity contribution in [3.8, 4) is 0 Å². The highest BCUT2D eigenvalue weighted by Gasteiger charge is 2.15. The van der Waals surface area contributed by atoms with Gasteiger partial charge in [0.15, 0.2) is 21.3 Å². The summed E-state index contributed by atoms with van der Waals surface area (Å²) < 4.78 is 22.4. The van der Waals surface area contributed by atoms with E-state index in [1.807, 2.05) is 0 Å². The molecular weight excluding hydrogens is 320 g/mol. The number of fused-ring (bicyclic) bond motifs is 1. The zero-order valence-electron chi connectivity index (χ0n) is 12.8. The molecule has 1 atom stereocenters. The molecule has 10 heteroatoms. The average Bonchev–Trinajstić information content (AvgIpc) is 2.91. The van der Waals surface area contributed by atoms with Gasteiger partial charge in [0, 0.05) is 25.4 Å². The minimum Gasteiger partial charge on any atom is -0.345 e. The first-order valence-electron chi connectivity index (χ1n) is 6.88. The molecule has 0 aromatic carbocycles. The molecule has 1 unspecified atom stereocenters. The van der Waals surface area contributed by atoms with Crippen LogP contribution in [0.2, 0.25) is 0 Å². The van der Waals surface area contributed by atoms with Crippen molar-refractivity contribution in [3.63, 3.8) is 0 Å². The molecule has 0 saturated carbocycles. The third-order valence-electron chi connectivity index (χ3n) is 3.09. The number of aromatic nitrogens is 3. The molecule has 2 amide bonds. The van der Waals surface area contributed by atoms with Crippen LogP contribution in [0, 0.1) is 11.3 Å². The van der Waals surface area contributed by atoms with Gasteiger partial charge in [0.05, 0.1) is 6.20 Å². The number of carbonyl (C=O) groups excluding carboxylic acids is 1. The van der Waals surface area contributed by atoms with Crippen LogP contribution in [-0.2, 0) is 9.84 Å². The number of hydrogen-bond donors (Lipinski definition) is 4. The van der Waals surface area contributed by atoms with Crippen molar-refractivity contribution in [2.45, 2.75) is 13.3 Å². The molecule has 0 aliphatic carbocycles. The van der Waals surface area contributed by atoms with Crippen molar-refractivity contribution in [2.75, 3.05) is 18.1 Å². The van der Waals surface area contributed by atoms with Gasteiger partial charge in [0.2, 0.25) is 0 Å². The van der Waals surface area contributed by atoms with E-state index in [1.54, 1.807) is 19.2 Å². The van der Waals surface area contributed by atoms with Gasteiger partial charge in [-0.3, -0.25) is 10.7 Å². The fourth-order valence-corrected chi connectivity index (χ4v) is 2.45. The van der Waals surface area contributed by atoms with Gasteiger partial charge in [-0.25, -0.2) is 23.2 Å². The molecule has 124 valence electrons. The summed E-state index contributed by atoms with van der Waals surface area (Å²) in [7, 11) is -3.47. The number of carbonyl (C=O) groups is 1. The predicted molar refractivity (Wildman–Crippen MR) is 87.3 cm³/mol. The minimum absolute atomic E-state index is 0.0776. The van der Waals surface area contributed by atoms with Crippen LogP contribution >= 0.6 is 0 Å². The molecule has 2 rings (SSSR count). The predicted octanol–water partition coefficient (Wildman–Crippen LogP) is 1.13. The molecule has 0 saturated heterocycles. The zero-order chi connectivity index (χ0) is 17.0. The molecule has 0 aliphatic heterocycles. The van der Waals surface area contributed by atoms with Crippen LogP contribution in [0.5, 0.6) is 0 Å². The number of amides is 2. The quantitative estimate of drug-likeness (QED) is 0.478. The van der Waals surface area contributed by atoms with Crippen LogP contribution in [0.1, 0.15) is 13.3 Å². The molecule has 0 bridgehead atoms. The van der Waals surface area contributed by atoms with Gasteiger partial charge in [-0.2, -0.15) is 0 Å². The van der Waals surface area contributed by atoms with E-state index in [0.29, 0.717) is 17.0 Å². The van der Waals surface area contributed by atoms with Crippen LogP contribution in [0.25, 0.3) is 11.2 Å². The third-order valence-corrected chi connectivity index (χ3v) is 4.16. The minimum atomic E-state index is -3.47. The summed E-state index contributed by atoms with van der Waals surface area (Å²) in [4.78, 5) is 23.0. The molecule has 9 nitrogen and oxygen atoms in total. The molecule has 0 spiro atoms. The lowest BCUT2D eigenvalue weighted by atomic mass is 10.1. The molecule has 4 N–H and O–H groups in total. The van der Waals surface area contributed by atoms with E-state index < -0.39 is 15.9 Å². The molecule has 2 aromatic rings. The number of nitrogens with zero attached hydrogens (tertiary/aromatic N) is 2. The Morgan fingerprint density at radius 2 is 2.22 bits per heavy atom. The molecule has 2 aromatic heterocycles. The van der Waals surface area contributed by atoms with Crippen molar-refractivity contribution < 1.29 is 13.2 Å². The number of sulfone groups is 1. The van der Waals surface area contributed by atoms with Crippen LogP contribution in [-0.4, -0.2) is 47.2 Å². The van der Waals surface area contributed by atoms with Gasteiger partial charge in [-0.15, -0.1) is 0 Å². The molecule has 0 aliphatic rings. The second kappa shape index (κ2) is 6.73. The second-order valence-electron chi connectivity index (χ2n) is 5.31. The SMILES string of the molecule is CC(CNC(=O)Nc1cnc2[nH]ccc2n1)CC(=N)S(C)(=O)=O. The summed E-state index contributed by atoms with van der Waals surface area (Å²) in [5, 5.41) is 12.3. The number of rotatable bonds is 5. The Labute approximate surface area is 133 Å². The summed E-state index contributed by atoms with van der Waals surface area (Å²) in [6, 6.07) is 1.27. The highest BCUT2D eigenvalue weighted by molar-refractivity contribution is 8.05. The Bertz CT molecular complexity index is 829. The maximum Gasteiger partial charge on any atom is 0.320 e. The maximum atomic E-state index is 11.8. The van der Waals surface area contributed by atoms with Crippen molar-refractivity contribution >= 4 is 37.9 Å². The number of aromatic amines is 1. The zero-order valence-corrected chi connectivity index (χ0v) is 13.6. The third kappa shape index (κ3) is 4.74. The van der Waals surface area contributed by atoms with E-state index in [4.69, 9.17) is 5.41 Å². The van der Waals surface area contributed by atoms with Crippen LogP contribution in [0.15, 0.2) is 18.5 Å². The van der Waals surface area contributed by atoms with E-state index >= 15 is 0 Å². The Morgan fingerprint density at radius 3 is 2.91 bits per heavy atom. The Morgan fingerprint density at radius 1 is 1.48 bits per heavy atom. The number of urea groups is 1. The summed E-state index contributed by atoms with van der Waals surface area (Å²) in [6.07, 6.45) is 4.21. The molecule has 2 heterocycles. The number of anilines is 1. The van der Waals surface area contributed by atoms with Crippen molar-refractivity contribution in [1.29, 1.82) is 5.41 Å². The normalized spacial score (nSPS) is 12.8. The topological polar surface area (TPSA) is 141 Å². The van der Waals surface area contributed by atoms with Crippen molar-refractivity contribution in [3.05, 3.63) is 18.5 Å². The summed E-state index contributed by atoms with van der Waals surface area (Å²) in [5.74, 6) is 0.132. The van der Waals surface area contributed by atoms with Gasteiger partial charge < -0.3 is 10.3 Å². The lowest BCUT2D eigenvalue weighted by molar-refractivity contribution is 0.250. The monoisotopic (exact) mass is 338 g/mol. The van der Waals surface area contributed by atoms with Gasteiger partial charge in [0.25, 0.3) is 0 Å². The first-order valence-corrected chi connectivity index (χ1v) is 8.77. The number of H-pyrrole nitrogens is 1. The van der Waals surface area contributed by atoms with Crippen LogP contribution in [0.4, 0.5) is 10.6 Å². The molecular formula is C13H18N6O3S. The standard InChI is InChI=1S/C13H18N6O3S/c1-8(5-10(14)23(2,21)22)6-17-13(20)19-11-7-16-12-9(18-11)3-4-15-12/h3-4,7-8,14H,5-6H2,1-2H3,(H,15,16)(H2,17,18,19,20). The molecule has 23 heavy (non-hydrogen) atoms. The molecule has 0 radical (unpaired) electrons. The van der Waals surface area contributed by atoms with Gasteiger partial charge in [-0.05, 0) is 12.0 Å². The largest absolute Gasteiger partial charge is 0.345 e. The van der Waals surface area contributed by atoms with Crippen LogP contribution in [0.3, 0.4) is 0 Å².